The van der Waals surface area contributed by atoms with Gasteiger partial charge in [0.1, 0.15) is 6.26 Å². The molecule has 0 saturated carbocycles. The molecular weight excluding hydrogens is 378 g/mol. The molecule has 1 aromatic carbocycles. The maximum atomic E-state index is 5.89. The molecule has 0 atom stereocenters. The van der Waals surface area contributed by atoms with E-state index in [-0.39, 0.29) is 0 Å². The van der Waals surface area contributed by atoms with Crippen LogP contribution in [0, 0.1) is 0 Å². The van der Waals surface area contributed by atoms with Gasteiger partial charge in [-0.05, 0) is 35.7 Å². The summed E-state index contributed by atoms with van der Waals surface area (Å²) in [7, 11) is 0. The summed E-state index contributed by atoms with van der Waals surface area (Å²) in [4.78, 5) is 9.90. The first-order valence-corrected chi connectivity index (χ1v) is 9.84. The molecule has 3 aromatic heterocycles. The molecule has 4 rings (SSSR count). The van der Waals surface area contributed by atoms with E-state index in [9.17, 15) is 0 Å². The molecule has 126 valence electrons. The summed E-state index contributed by atoms with van der Waals surface area (Å²) < 4.78 is 10.8. The molecule has 0 fully saturated rings. The van der Waals surface area contributed by atoms with Crippen LogP contribution >= 0.6 is 34.7 Å². The summed E-state index contributed by atoms with van der Waals surface area (Å²) in [6, 6.07) is 11.3. The Morgan fingerprint density at radius 3 is 2.76 bits per heavy atom. The monoisotopic (exact) mass is 389 g/mol. The summed E-state index contributed by atoms with van der Waals surface area (Å²) in [5.41, 5.74) is 1.77. The van der Waals surface area contributed by atoms with Gasteiger partial charge in [0, 0.05) is 16.3 Å². The molecule has 8 heteroatoms. The van der Waals surface area contributed by atoms with Crippen LogP contribution in [0.3, 0.4) is 0 Å². The van der Waals surface area contributed by atoms with Gasteiger partial charge in [-0.2, -0.15) is 4.98 Å². The van der Waals surface area contributed by atoms with Crippen molar-refractivity contribution in [2.75, 3.05) is 0 Å². The number of thioether (sulfide) groups is 1. The van der Waals surface area contributed by atoms with Crippen LogP contribution < -0.4 is 0 Å². The van der Waals surface area contributed by atoms with Crippen molar-refractivity contribution in [3.05, 3.63) is 64.6 Å². The minimum Gasteiger partial charge on any atom is -0.444 e. The highest BCUT2D eigenvalue weighted by atomic mass is 35.5. The molecule has 0 amide bonds. The fraction of sp³-hybridized carbons (Fsp3) is 0.118. The quantitative estimate of drug-likeness (QED) is 0.431. The molecule has 0 aliphatic rings. The predicted molar refractivity (Wildman–Crippen MR) is 99.6 cm³/mol. The van der Waals surface area contributed by atoms with Gasteiger partial charge < -0.3 is 8.94 Å². The second-order valence-corrected chi connectivity index (χ2v) is 7.50. The Bertz CT molecular complexity index is 949. The summed E-state index contributed by atoms with van der Waals surface area (Å²) >= 11 is 9.13. The number of thiophene rings is 1. The average Bonchev–Trinajstić information content (AvgIpc) is 3.37. The standard InChI is InChI=1S/C17H12ClN3O2S2/c18-12-5-3-11(4-6-12)17-19-13(8-22-17)9-24-10-15-20-16(21-23-15)14-2-1-7-25-14/h1-8H,9-10H2. The summed E-state index contributed by atoms with van der Waals surface area (Å²) in [6.45, 7) is 0. The van der Waals surface area contributed by atoms with Crippen LogP contribution in [-0.2, 0) is 11.5 Å². The number of hydrogen-bond donors (Lipinski definition) is 0. The van der Waals surface area contributed by atoms with Crippen LogP contribution in [0.4, 0.5) is 0 Å². The van der Waals surface area contributed by atoms with Crippen LogP contribution in [0.15, 0.2) is 57.0 Å². The Morgan fingerprint density at radius 2 is 1.96 bits per heavy atom. The molecule has 3 heterocycles. The second-order valence-electron chi connectivity index (χ2n) is 5.13. The number of rotatable bonds is 6. The SMILES string of the molecule is Clc1ccc(-c2nc(CSCc3nc(-c4cccs4)no3)co2)cc1. The van der Waals surface area contributed by atoms with Gasteiger partial charge in [0.2, 0.25) is 17.6 Å². The van der Waals surface area contributed by atoms with Crippen molar-refractivity contribution in [3.8, 4) is 22.2 Å². The zero-order valence-corrected chi connectivity index (χ0v) is 15.3. The van der Waals surface area contributed by atoms with Gasteiger partial charge >= 0.3 is 0 Å². The fourth-order valence-electron chi connectivity index (χ4n) is 2.16. The number of halogens is 1. The smallest absolute Gasteiger partial charge is 0.236 e. The number of aromatic nitrogens is 3. The minimum absolute atomic E-state index is 0.588. The van der Waals surface area contributed by atoms with E-state index in [0.29, 0.717) is 34.1 Å². The first kappa shape index (κ1) is 16.4. The maximum Gasteiger partial charge on any atom is 0.236 e. The van der Waals surface area contributed by atoms with E-state index in [4.69, 9.17) is 20.5 Å². The van der Waals surface area contributed by atoms with E-state index in [1.807, 2.05) is 41.8 Å². The number of oxazole rings is 1. The summed E-state index contributed by atoms with van der Waals surface area (Å²) in [6.07, 6.45) is 1.67. The van der Waals surface area contributed by atoms with Crippen molar-refractivity contribution >= 4 is 34.7 Å². The molecule has 0 unspecified atom stereocenters. The average molecular weight is 390 g/mol. The lowest BCUT2D eigenvalue weighted by Crippen LogP contribution is -1.85. The van der Waals surface area contributed by atoms with Gasteiger partial charge in [-0.3, -0.25) is 0 Å². The van der Waals surface area contributed by atoms with Crippen molar-refractivity contribution in [2.24, 2.45) is 0 Å². The molecule has 5 nitrogen and oxygen atoms in total. The van der Waals surface area contributed by atoms with Crippen LogP contribution in [-0.4, -0.2) is 15.1 Å². The molecule has 0 spiro atoms. The van der Waals surface area contributed by atoms with Gasteiger partial charge in [-0.25, -0.2) is 4.98 Å². The lowest BCUT2D eigenvalue weighted by atomic mass is 10.2. The van der Waals surface area contributed by atoms with E-state index in [0.717, 1.165) is 16.1 Å². The van der Waals surface area contributed by atoms with Crippen LogP contribution in [0.25, 0.3) is 22.2 Å². The Balaban J connectivity index is 1.34. The third kappa shape index (κ3) is 3.95. The zero-order chi connectivity index (χ0) is 17.1. The van der Waals surface area contributed by atoms with Crippen molar-refractivity contribution < 1.29 is 8.94 Å². The Labute approximate surface area is 157 Å². The molecule has 0 radical (unpaired) electrons. The van der Waals surface area contributed by atoms with Crippen LogP contribution in [0.1, 0.15) is 11.6 Å². The highest BCUT2D eigenvalue weighted by Gasteiger charge is 2.11. The number of benzene rings is 1. The molecule has 25 heavy (non-hydrogen) atoms. The first-order chi connectivity index (χ1) is 12.3. The molecule has 4 aromatic rings. The van der Waals surface area contributed by atoms with Gasteiger partial charge in [0.05, 0.1) is 16.3 Å². The number of hydrogen-bond acceptors (Lipinski definition) is 7. The molecule has 0 N–H and O–H groups in total. The Kier molecular flexibility index (Phi) is 4.87. The van der Waals surface area contributed by atoms with Crippen molar-refractivity contribution in [3.63, 3.8) is 0 Å². The predicted octanol–water partition coefficient (Wildman–Crippen LogP) is 5.54. The van der Waals surface area contributed by atoms with Gasteiger partial charge in [-0.15, -0.1) is 23.1 Å². The lowest BCUT2D eigenvalue weighted by molar-refractivity contribution is 0.392. The minimum atomic E-state index is 0.588. The molecule has 0 saturated heterocycles. The molecule has 0 bridgehead atoms. The highest BCUT2D eigenvalue weighted by Crippen LogP contribution is 2.25. The van der Waals surface area contributed by atoms with E-state index in [1.54, 1.807) is 29.4 Å². The van der Waals surface area contributed by atoms with Crippen LogP contribution in [0.2, 0.25) is 5.02 Å². The van der Waals surface area contributed by atoms with Gasteiger partial charge in [0.25, 0.3) is 0 Å². The lowest BCUT2D eigenvalue weighted by Gasteiger charge is -1.95. The summed E-state index contributed by atoms with van der Waals surface area (Å²) in [5, 5.41) is 6.68. The van der Waals surface area contributed by atoms with Crippen molar-refractivity contribution in [1.82, 2.24) is 15.1 Å². The highest BCUT2D eigenvalue weighted by molar-refractivity contribution is 7.97. The van der Waals surface area contributed by atoms with E-state index in [1.165, 1.54) is 0 Å². The van der Waals surface area contributed by atoms with E-state index < -0.39 is 0 Å². The first-order valence-electron chi connectivity index (χ1n) is 7.42. The fourth-order valence-corrected chi connectivity index (χ4v) is 3.67. The largest absolute Gasteiger partial charge is 0.444 e. The normalized spacial score (nSPS) is 11.1. The molecule has 0 aliphatic carbocycles. The maximum absolute atomic E-state index is 5.89. The second kappa shape index (κ2) is 7.43. The van der Waals surface area contributed by atoms with E-state index >= 15 is 0 Å². The molecule has 0 aliphatic heterocycles. The van der Waals surface area contributed by atoms with Crippen LogP contribution in [0.5, 0.6) is 0 Å². The summed E-state index contributed by atoms with van der Waals surface area (Å²) in [5.74, 6) is 3.16. The van der Waals surface area contributed by atoms with E-state index in [2.05, 4.69) is 15.1 Å². The third-order valence-electron chi connectivity index (χ3n) is 3.33. The molecular formula is C17H12ClN3O2S2. The topological polar surface area (TPSA) is 65.0 Å². The number of nitrogens with zero attached hydrogens (tertiary/aromatic N) is 3. The zero-order valence-electron chi connectivity index (χ0n) is 12.9. The Hall–Kier alpha value is -2.09. The van der Waals surface area contributed by atoms with Crippen molar-refractivity contribution in [1.29, 1.82) is 0 Å². The van der Waals surface area contributed by atoms with Gasteiger partial charge in [0.15, 0.2) is 0 Å². The Morgan fingerprint density at radius 1 is 1.08 bits per heavy atom. The van der Waals surface area contributed by atoms with Crippen molar-refractivity contribution in [2.45, 2.75) is 11.5 Å². The van der Waals surface area contributed by atoms with Gasteiger partial charge in [-0.1, -0.05) is 22.8 Å². The third-order valence-corrected chi connectivity index (χ3v) is 5.40.